The number of carbonyl (C=O) groups is 2. The van der Waals surface area contributed by atoms with E-state index in [0.29, 0.717) is 0 Å². The van der Waals surface area contributed by atoms with Gasteiger partial charge in [-0.1, -0.05) is 5.81 Å². The smallest absolute Gasteiger partial charge is 0.548 e. The summed E-state index contributed by atoms with van der Waals surface area (Å²) in [5.41, 5.74) is 0. The average Bonchev–Trinajstić information content (AvgIpc) is 1.61. The molecule has 43 valence electrons. The van der Waals surface area contributed by atoms with Crippen LogP contribution in [-0.2, 0) is 4.79 Å². The maximum Gasteiger partial charge on any atom is 1.00 e. The molecule has 0 rings (SSSR count). The van der Waals surface area contributed by atoms with Gasteiger partial charge in [-0.25, -0.2) is 0 Å². The Morgan fingerprint density at radius 2 is 1.80 bits per heavy atom. The Morgan fingerprint density at radius 3 is 1.90 bits per heavy atom. The molecule has 0 heterocycles. The van der Waals surface area contributed by atoms with Crippen LogP contribution in [0.25, 0.3) is 0 Å². The van der Waals surface area contributed by atoms with Gasteiger partial charge >= 0.3 is 59.1 Å². The summed E-state index contributed by atoms with van der Waals surface area (Å²) < 4.78 is 0. The van der Waals surface area contributed by atoms with Gasteiger partial charge in [-0.15, -0.1) is 0 Å². The van der Waals surface area contributed by atoms with E-state index < -0.39 is 18.3 Å². The van der Waals surface area contributed by atoms with Crippen molar-refractivity contribution in [1.82, 2.24) is 5.32 Å². The van der Waals surface area contributed by atoms with E-state index in [1.165, 1.54) is 0 Å². The van der Waals surface area contributed by atoms with E-state index in [0.717, 1.165) is 0 Å². The van der Waals surface area contributed by atoms with E-state index in [9.17, 15) is 14.7 Å². The quantitative estimate of drug-likeness (QED) is 0.405. The van der Waals surface area contributed by atoms with Crippen molar-refractivity contribution < 1.29 is 73.8 Å². The summed E-state index contributed by atoms with van der Waals surface area (Å²) in [6, 6.07) is 0. The largest absolute Gasteiger partial charge is 1.00 e. The van der Waals surface area contributed by atoms with Crippen LogP contribution in [0.15, 0.2) is 0 Å². The van der Waals surface area contributed by atoms with Gasteiger partial charge in [0.25, 0.3) is 0 Å². The molecule has 0 aliphatic carbocycles. The number of carboxylic acid groups (broad SMARTS) is 1. The summed E-state index contributed by atoms with van der Waals surface area (Å²) in [6.07, 6.45) is 0. The van der Waals surface area contributed by atoms with Gasteiger partial charge in [0.05, 0.1) is 12.5 Å². The minimum atomic E-state index is -1.36. The predicted octanol–water partition coefficient (Wildman–Crippen LogP) is -8.38. The van der Waals surface area contributed by atoms with Crippen molar-refractivity contribution in [2.45, 2.75) is 0 Å². The minimum Gasteiger partial charge on any atom is -0.548 e. The van der Waals surface area contributed by atoms with E-state index in [-0.39, 0.29) is 59.1 Å². The molecule has 0 aliphatic heterocycles. The standard InChI is InChI=1S/C3H4BNO3.2Na/c4-3(8)5-1-2(6)7;;/h1H2,(H,5,8)(H,6,7);;/q-1;2*+1/p-1. The van der Waals surface area contributed by atoms with Crippen molar-refractivity contribution in [3.63, 3.8) is 0 Å². The molecule has 4 nitrogen and oxygen atoms in total. The second kappa shape index (κ2) is 10.0. The molecule has 0 unspecified atom stereocenters. The third-order valence-corrected chi connectivity index (χ3v) is 0.407. The van der Waals surface area contributed by atoms with Gasteiger partial charge in [0.2, 0.25) is 0 Å². The van der Waals surface area contributed by atoms with Gasteiger partial charge in [-0.2, -0.15) is 0 Å². The first-order valence-electron chi connectivity index (χ1n) is 1.86. The Balaban J connectivity index is -0.000000245. The number of hydrogen-bond donors (Lipinski definition) is 1. The fourth-order valence-corrected chi connectivity index (χ4v) is 0.159. The van der Waals surface area contributed by atoms with Gasteiger partial charge in [0, 0.05) is 0 Å². The first-order chi connectivity index (χ1) is 3.63. The average molecular weight is 158 g/mol. The van der Waals surface area contributed by atoms with Crippen molar-refractivity contribution in [2.24, 2.45) is 0 Å². The van der Waals surface area contributed by atoms with Crippen molar-refractivity contribution in [1.29, 1.82) is 0 Å². The molecule has 1 N–H and O–H groups in total. The molecule has 3 radical (unpaired) electrons. The zero-order valence-corrected chi connectivity index (χ0v) is 10.0. The number of hydrogen-bond acceptors (Lipinski definition) is 3. The van der Waals surface area contributed by atoms with Gasteiger partial charge in [0.15, 0.2) is 0 Å². The maximum atomic E-state index is 9.72. The monoisotopic (exact) mass is 158 g/mol. The molecule has 0 fully saturated rings. The van der Waals surface area contributed by atoms with Crippen molar-refractivity contribution >= 4 is 19.6 Å². The Hall–Kier alpha value is 1.00. The first kappa shape index (κ1) is 17.2. The third-order valence-electron chi connectivity index (χ3n) is 0.407. The molecule has 0 bridgehead atoms. The van der Waals surface area contributed by atoms with Crippen LogP contribution in [0.5, 0.6) is 0 Å². The topological polar surface area (TPSA) is 69.2 Å². The van der Waals surface area contributed by atoms with Crippen LogP contribution >= 0.6 is 0 Å². The van der Waals surface area contributed by atoms with E-state index in [4.69, 9.17) is 0 Å². The predicted molar refractivity (Wildman–Crippen MR) is 24.2 cm³/mol. The number of carboxylic acids is 1. The zero-order valence-electron chi connectivity index (χ0n) is 6.01. The molecular weight excluding hydrogens is 155 g/mol. The van der Waals surface area contributed by atoms with Crippen LogP contribution in [0.4, 0.5) is 4.79 Å². The fraction of sp³-hybridized carbons (Fsp3) is 0.333. The van der Waals surface area contributed by atoms with E-state index in [1.54, 1.807) is 0 Å². The normalized spacial score (nSPS) is 6.50. The van der Waals surface area contributed by atoms with E-state index in [1.807, 2.05) is 5.32 Å². The van der Waals surface area contributed by atoms with Gasteiger partial charge in [0.1, 0.15) is 0 Å². The van der Waals surface area contributed by atoms with Crippen LogP contribution in [0.3, 0.4) is 0 Å². The van der Waals surface area contributed by atoms with Crippen LogP contribution < -0.4 is 69.5 Å². The van der Waals surface area contributed by atoms with E-state index >= 15 is 0 Å². The molecule has 7 heteroatoms. The molecule has 1 amide bonds. The van der Waals surface area contributed by atoms with Crippen LogP contribution in [-0.4, -0.2) is 26.2 Å². The first-order valence-corrected chi connectivity index (χ1v) is 1.86. The molecule has 0 aliphatic rings. The SMILES string of the molecule is [B-]C(=O)NCC(=O)[O-].[Na+].[Na+]. The maximum absolute atomic E-state index is 9.72. The summed E-state index contributed by atoms with van der Waals surface area (Å²) in [4.78, 5) is 19.2. The van der Waals surface area contributed by atoms with Crippen molar-refractivity contribution in [3.8, 4) is 0 Å². The summed E-state index contributed by atoms with van der Waals surface area (Å²) in [5.74, 6) is -2.22. The molecule has 0 aromatic rings. The van der Waals surface area contributed by atoms with Crippen LogP contribution in [0, 0.1) is 0 Å². The van der Waals surface area contributed by atoms with Gasteiger partial charge < -0.3 is 27.9 Å². The molecule has 0 saturated carbocycles. The third kappa shape index (κ3) is 16.0. The van der Waals surface area contributed by atoms with Crippen LogP contribution in [0.1, 0.15) is 0 Å². The Kier molecular flexibility index (Phi) is 17.2. The summed E-state index contributed by atoms with van der Waals surface area (Å²) >= 11 is 0. The number of aliphatic carboxylic acids is 1. The van der Waals surface area contributed by atoms with Crippen LogP contribution in [0.2, 0.25) is 0 Å². The Labute approximate surface area is 104 Å². The van der Waals surface area contributed by atoms with Gasteiger partial charge in [-0.05, 0) is 0 Å². The number of carbonyl (C=O) groups excluding carboxylic acids is 2. The molecule has 0 aromatic heterocycles. The second-order valence-corrected chi connectivity index (χ2v) is 1.09. The number of nitrogens with one attached hydrogen (secondary N) is 1. The minimum absolute atomic E-state index is 0. The summed E-state index contributed by atoms with van der Waals surface area (Å²) in [6.45, 7) is -0.532. The molecule has 10 heavy (non-hydrogen) atoms. The molecule has 0 atom stereocenters. The zero-order chi connectivity index (χ0) is 6.57. The fourth-order valence-electron chi connectivity index (χ4n) is 0.159. The van der Waals surface area contributed by atoms with Gasteiger partial charge in [-0.3, -0.25) is 0 Å². The summed E-state index contributed by atoms with van der Waals surface area (Å²) in [7, 11) is 4.50. The second-order valence-electron chi connectivity index (χ2n) is 1.09. The Bertz CT molecular complexity index is 106. The molecular formula is C3H3BNNa2O3. The van der Waals surface area contributed by atoms with Crippen molar-refractivity contribution in [3.05, 3.63) is 0 Å². The van der Waals surface area contributed by atoms with E-state index in [2.05, 4.69) is 7.85 Å². The number of amides is 1. The molecule has 0 spiro atoms. The summed E-state index contributed by atoms with van der Waals surface area (Å²) in [5, 5.41) is 11.3. The molecule has 0 saturated heterocycles. The van der Waals surface area contributed by atoms with Crippen molar-refractivity contribution in [2.75, 3.05) is 6.54 Å². The molecule has 0 aromatic carbocycles. The number of rotatable bonds is 2. The Morgan fingerprint density at radius 1 is 1.40 bits per heavy atom.